The van der Waals surface area contributed by atoms with E-state index in [1.165, 1.54) is 5.56 Å². The molecule has 1 heterocycles. The molecular weight excluding hydrogens is 316 g/mol. The van der Waals surface area contributed by atoms with Crippen LogP contribution in [0, 0.1) is 13.8 Å². The standard InChI is InChI=1S/C20H24N2O3/c1-13-7-8-19(14(2)9-13)25-12-16(23)11-22-17-6-4-3-5-15(17)10-18(22)20(21)24/h3-9,16,18,23H,10-12H2,1-2H3,(H2,21,24)/t16?,18-/m0/s1. The van der Waals surface area contributed by atoms with Crippen LogP contribution in [-0.2, 0) is 11.2 Å². The number of rotatable bonds is 6. The van der Waals surface area contributed by atoms with Crippen molar-refractivity contribution < 1.29 is 14.6 Å². The van der Waals surface area contributed by atoms with Gasteiger partial charge in [0.15, 0.2) is 0 Å². The molecule has 0 fully saturated rings. The summed E-state index contributed by atoms with van der Waals surface area (Å²) in [5, 5.41) is 10.4. The molecule has 0 aromatic heterocycles. The predicted molar refractivity (Wildman–Crippen MR) is 97.9 cm³/mol. The van der Waals surface area contributed by atoms with Gasteiger partial charge in [-0.3, -0.25) is 4.79 Å². The molecule has 5 heteroatoms. The third kappa shape index (κ3) is 3.77. The maximum absolute atomic E-state index is 11.8. The number of nitrogens with two attached hydrogens (primary N) is 1. The molecule has 2 aromatic carbocycles. The van der Waals surface area contributed by atoms with E-state index in [1.807, 2.05) is 61.2 Å². The maximum Gasteiger partial charge on any atom is 0.240 e. The Bertz CT molecular complexity index is 775. The number of benzene rings is 2. The van der Waals surface area contributed by atoms with Gasteiger partial charge < -0.3 is 20.5 Å². The number of hydrogen-bond acceptors (Lipinski definition) is 4. The lowest BCUT2D eigenvalue weighted by atomic mass is 10.1. The van der Waals surface area contributed by atoms with E-state index in [2.05, 4.69) is 0 Å². The van der Waals surface area contributed by atoms with Crippen molar-refractivity contribution in [3.63, 3.8) is 0 Å². The van der Waals surface area contributed by atoms with Crippen LogP contribution < -0.4 is 15.4 Å². The smallest absolute Gasteiger partial charge is 0.240 e. The number of ether oxygens (including phenoxy) is 1. The number of aryl methyl sites for hydroxylation is 2. The van der Waals surface area contributed by atoms with Crippen LogP contribution >= 0.6 is 0 Å². The molecule has 1 unspecified atom stereocenters. The number of β-amino-alcohol motifs (C(OH)–C–C–N with tert-alkyl or cyclic N) is 1. The van der Waals surface area contributed by atoms with Gasteiger partial charge in [0.25, 0.3) is 0 Å². The van der Waals surface area contributed by atoms with Crippen LogP contribution in [0.15, 0.2) is 42.5 Å². The average molecular weight is 340 g/mol. The molecule has 3 N–H and O–H groups in total. The number of hydrogen-bond donors (Lipinski definition) is 2. The second-order valence-corrected chi connectivity index (χ2v) is 6.64. The van der Waals surface area contributed by atoms with E-state index in [1.54, 1.807) is 0 Å². The Kier molecular flexibility index (Phi) is 4.95. The van der Waals surface area contributed by atoms with Gasteiger partial charge in [-0.15, -0.1) is 0 Å². The van der Waals surface area contributed by atoms with Crippen LogP contribution in [0.3, 0.4) is 0 Å². The van der Waals surface area contributed by atoms with Gasteiger partial charge in [-0.1, -0.05) is 35.9 Å². The lowest BCUT2D eigenvalue weighted by Gasteiger charge is -2.28. The van der Waals surface area contributed by atoms with Crippen LogP contribution in [0.2, 0.25) is 0 Å². The zero-order chi connectivity index (χ0) is 18.0. The highest BCUT2D eigenvalue weighted by Gasteiger charge is 2.33. The average Bonchev–Trinajstić information content (AvgIpc) is 2.93. The second kappa shape index (κ2) is 7.15. The van der Waals surface area contributed by atoms with Gasteiger partial charge in [0.2, 0.25) is 5.91 Å². The molecule has 0 saturated carbocycles. The Morgan fingerprint density at radius 2 is 2.08 bits per heavy atom. The third-order valence-corrected chi connectivity index (χ3v) is 4.59. The quantitative estimate of drug-likeness (QED) is 0.843. The number of carbonyl (C=O) groups excluding carboxylic acids is 1. The Hall–Kier alpha value is -2.53. The van der Waals surface area contributed by atoms with E-state index >= 15 is 0 Å². The summed E-state index contributed by atoms with van der Waals surface area (Å²) in [6, 6.07) is 13.3. The van der Waals surface area contributed by atoms with E-state index in [0.717, 1.165) is 22.6 Å². The molecule has 1 amide bonds. The fourth-order valence-corrected chi connectivity index (χ4v) is 3.36. The molecule has 1 aliphatic rings. The number of amides is 1. The van der Waals surface area contributed by atoms with Crippen LogP contribution in [-0.4, -0.2) is 36.3 Å². The lowest BCUT2D eigenvalue weighted by Crippen LogP contribution is -2.47. The monoisotopic (exact) mass is 340 g/mol. The zero-order valence-corrected chi connectivity index (χ0v) is 14.6. The van der Waals surface area contributed by atoms with Crippen molar-refractivity contribution in [2.75, 3.05) is 18.1 Å². The van der Waals surface area contributed by atoms with E-state index in [-0.39, 0.29) is 12.5 Å². The summed E-state index contributed by atoms with van der Waals surface area (Å²) in [4.78, 5) is 13.7. The van der Waals surface area contributed by atoms with E-state index < -0.39 is 12.1 Å². The summed E-state index contributed by atoms with van der Waals surface area (Å²) in [6.07, 6.45) is -0.149. The van der Waals surface area contributed by atoms with Gasteiger partial charge in [-0.2, -0.15) is 0 Å². The molecule has 25 heavy (non-hydrogen) atoms. The summed E-state index contributed by atoms with van der Waals surface area (Å²) >= 11 is 0. The number of nitrogens with zero attached hydrogens (tertiary/aromatic N) is 1. The molecule has 2 atom stereocenters. The SMILES string of the molecule is Cc1ccc(OCC(O)CN2c3ccccc3C[C@H]2C(N)=O)c(C)c1. The molecule has 1 aliphatic heterocycles. The molecule has 0 radical (unpaired) electrons. The van der Waals surface area contributed by atoms with Crippen molar-refractivity contribution in [2.24, 2.45) is 5.73 Å². The van der Waals surface area contributed by atoms with Crippen LogP contribution in [0.4, 0.5) is 5.69 Å². The largest absolute Gasteiger partial charge is 0.491 e. The highest BCUT2D eigenvalue weighted by molar-refractivity contribution is 5.86. The van der Waals surface area contributed by atoms with Crippen molar-refractivity contribution in [3.8, 4) is 5.75 Å². The summed E-state index contributed by atoms with van der Waals surface area (Å²) in [7, 11) is 0. The van der Waals surface area contributed by atoms with Gasteiger partial charge in [0.1, 0.15) is 24.5 Å². The van der Waals surface area contributed by atoms with Gasteiger partial charge in [-0.25, -0.2) is 0 Å². The highest BCUT2D eigenvalue weighted by Crippen LogP contribution is 2.32. The molecule has 2 aromatic rings. The van der Waals surface area contributed by atoms with Crippen molar-refractivity contribution in [2.45, 2.75) is 32.4 Å². The molecule has 0 aliphatic carbocycles. The number of aliphatic hydroxyl groups is 1. The second-order valence-electron chi connectivity index (χ2n) is 6.64. The predicted octanol–water partition coefficient (Wildman–Crippen LogP) is 1.96. The fourth-order valence-electron chi connectivity index (χ4n) is 3.36. The number of para-hydroxylation sites is 1. The van der Waals surface area contributed by atoms with Gasteiger partial charge in [0, 0.05) is 18.7 Å². The maximum atomic E-state index is 11.8. The first-order valence-electron chi connectivity index (χ1n) is 8.47. The summed E-state index contributed by atoms with van der Waals surface area (Å²) in [5.41, 5.74) is 9.79. The van der Waals surface area contributed by atoms with Gasteiger partial charge in [0.05, 0.1) is 0 Å². The molecule has 3 rings (SSSR count). The molecular formula is C20H24N2O3. The van der Waals surface area contributed by atoms with E-state index in [9.17, 15) is 9.90 Å². The van der Waals surface area contributed by atoms with Crippen molar-refractivity contribution in [3.05, 3.63) is 59.2 Å². The van der Waals surface area contributed by atoms with Gasteiger partial charge in [-0.05, 0) is 37.1 Å². The number of anilines is 1. The van der Waals surface area contributed by atoms with E-state index in [4.69, 9.17) is 10.5 Å². The Balaban J connectivity index is 1.67. The molecule has 0 bridgehead atoms. The summed E-state index contributed by atoms with van der Waals surface area (Å²) in [6.45, 7) is 4.47. The Labute approximate surface area is 148 Å². The van der Waals surface area contributed by atoms with Crippen molar-refractivity contribution in [1.82, 2.24) is 0 Å². The van der Waals surface area contributed by atoms with Crippen LogP contribution in [0.5, 0.6) is 5.75 Å². The minimum absolute atomic E-state index is 0.161. The number of carbonyl (C=O) groups is 1. The summed E-state index contributed by atoms with van der Waals surface area (Å²) < 4.78 is 5.75. The minimum Gasteiger partial charge on any atom is -0.491 e. The number of fused-ring (bicyclic) bond motifs is 1. The lowest BCUT2D eigenvalue weighted by molar-refractivity contribution is -0.119. The fraction of sp³-hybridized carbons (Fsp3) is 0.350. The first kappa shape index (κ1) is 17.3. The Morgan fingerprint density at radius 1 is 1.32 bits per heavy atom. The number of primary amides is 1. The topological polar surface area (TPSA) is 75.8 Å². The zero-order valence-electron chi connectivity index (χ0n) is 14.6. The first-order chi connectivity index (χ1) is 12.0. The van der Waals surface area contributed by atoms with Crippen molar-refractivity contribution >= 4 is 11.6 Å². The Morgan fingerprint density at radius 3 is 2.80 bits per heavy atom. The highest BCUT2D eigenvalue weighted by atomic mass is 16.5. The normalized spacial score (nSPS) is 17.2. The van der Waals surface area contributed by atoms with Gasteiger partial charge >= 0.3 is 0 Å². The van der Waals surface area contributed by atoms with Crippen LogP contribution in [0.25, 0.3) is 0 Å². The first-order valence-corrected chi connectivity index (χ1v) is 8.47. The van der Waals surface area contributed by atoms with E-state index in [0.29, 0.717) is 13.0 Å². The molecule has 132 valence electrons. The molecule has 0 spiro atoms. The molecule has 5 nitrogen and oxygen atoms in total. The molecule has 0 saturated heterocycles. The number of aliphatic hydroxyl groups excluding tert-OH is 1. The van der Waals surface area contributed by atoms with Crippen molar-refractivity contribution in [1.29, 1.82) is 0 Å². The summed E-state index contributed by atoms with van der Waals surface area (Å²) in [5.74, 6) is 0.386. The third-order valence-electron chi connectivity index (χ3n) is 4.59. The van der Waals surface area contributed by atoms with Crippen LogP contribution in [0.1, 0.15) is 16.7 Å². The minimum atomic E-state index is -0.728.